The van der Waals surface area contributed by atoms with Crippen molar-refractivity contribution in [1.29, 1.82) is 5.26 Å². The highest BCUT2D eigenvalue weighted by Crippen LogP contribution is 2.27. The molecule has 0 aliphatic heterocycles. The van der Waals surface area contributed by atoms with E-state index < -0.39 is 0 Å². The van der Waals surface area contributed by atoms with Gasteiger partial charge in [-0.3, -0.25) is 0 Å². The molecule has 3 aromatic rings. The molecule has 2 aromatic carbocycles. The van der Waals surface area contributed by atoms with Gasteiger partial charge in [0.05, 0.1) is 11.6 Å². The van der Waals surface area contributed by atoms with E-state index in [1.54, 1.807) is 11.9 Å². The number of aromatic nitrogens is 1. The van der Waals surface area contributed by atoms with Crippen molar-refractivity contribution >= 4 is 17.6 Å². The van der Waals surface area contributed by atoms with Crippen LogP contribution in [0.2, 0.25) is 0 Å². The maximum Gasteiger partial charge on any atom is 0.0994 e. The van der Waals surface area contributed by atoms with E-state index >= 15 is 0 Å². The normalized spacial score (nSPS) is 10.2. The van der Waals surface area contributed by atoms with Crippen molar-refractivity contribution < 1.29 is 0 Å². The highest BCUT2D eigenvalue weighted by atomic mass is 32.2. The maximum absolute atomic E-state index is 8.95. The fraction of sp³-hybridized carbons (Fsp3) is 0.0556. The van der Waals surface area contributed by atoms with Crippen molar-refractivity contribution in [2.45, 2.75) is 11.8 Å². The molecule has 0 amide bonds. The molecule has 0 atom stereocenters. The highest BCUT2D eigenvalue weighted by molar-refractivity contribution is 8.00. The summed E-state index contributed by atoms with van der Waals surface area (Å²) in [5, 5.41) is 8.95. The van der Waals surface area contributed by atoms with E-state index in [0.29, 0.717) is 5.56 Å². The van der Waals surface area contributed by atoms with E-state index in [-0.39, 0.29) is 0 Å². The third-order valence-corrected chi connectivity index (χ3v) is 4.18. The van der Waals surface area contributed by atoms with Gasteiger partial charge in [-0.1, -0.05) is 30.3 Å². The molecule has 1 aromatic heterocycles. The first kappa shape index (κ1) is 14.3. The van der Waals surface area contributed by atoms with E-state index in [1.165, 1.54) is 5.56 Å². The van der Waals surface area contributed by atoms with Crippen molar-refractivity contribution in [2.24, 2.45) is 0 Å². The Kier molecular flexibility index (Phi) is 4.17. The fourth-order valence-corrected chi connectivity index (χ4v) is 2.85. The van der Waals surface area contributed by atoms with Crippen molar-refractivity contribution in [3.63, 3.8) is 0 Å². The minimum atomic E-state index is 0.712. The van der Waals surface area contributed by atoms with Gasteiger partial charge >= 0.3 is 0 Å². The lowest BCUT2D eigenvalue weighted by atomic mass is 10.1. The number of H-pyrrole nitrogens is 1. The summed E-state index contributed by atoms with van der Waals surface area (Å²) in [5.41, 5.74) is 4.95. The van der Waals surface area contributed by atoms with Gasteiger partial charge in [0.1, 0.15) is 0 Å². The predicted octanol–water partition coefficient (Wildman–Crippen LogP) is 4.98. The fourth-order valence-electron chi connectivity index (χ4n) is 2.19. The number of hydrogen-bond donors (Lipinski definition) is 2. The van der Waals surface area contributed by atoms with Gasteiger partial charge < -0.3 is 9.71 Å². The summed E-state index contributed by atoms with van der Waals surface area (Å²) in [6, 6.07) is 20.3. The second kappa shape index (κ2) is 6.42. The third kappa shape index (κ3) is 3.16. The molecule has 1 heterocycles. The average molecular weight is 305 g/mol. The SMILES string of the molecule is Cc1cc(NSc2c[nH]c(-c3ccccc3)c2)ccc1C#N. The van der Waals surface area contributed by atoms with E-state index in [0.717, 1.165) is 21.8 Å². The van der Waals surface area contributed by atoms with Crippen molar-refractivity contribution in [2.75, 3.05) is 4.72 Å². The second-order valence-corrected chi connectivity index (χ2v) is 5.84. The van der Waals surface area contributed by atoms with E-state index in [4.69, 9.17) is 5.26 Å². The van der Waals surface area contributed by atoms with E-state index in [9.17, 15) is 0 Å². The number of rotatable bonds is 4. The maximum atomic E-state index is 8.95. The first-order valence-corrected chi connectivity index (χ1v) is 7.75. The Morgan fingerprint density at radius 1 is 1.09 bits per heavy atom. The standard InChI is InChI=1S/C18H15N3S/c1-13-9-16(8-7-15(13)11-19)21-22-17-10-18(20-12-17)14-5-3-2-4-6-14/h2-10,12,20-21H,1H3. The monoisotopic (exact) mass is 305 g/mol. The highest BCUT2D eigenvalue weighted by Gasteiger charge is 2.03. The van der Waals surface area contributed by atoms with Crippen LogP contribution in [0.1, 0.15) is 11.1 Å². The van der Waals surface area contributed by atoms with Crippen molar-refractivity contribution in [3.8, 4) is 17.3 Å². The number of nitrogens with zero attached hydrogens (tertiary/aromatic N) is 1. The molecule has 0 fully saturated rings. The zero-order valence-corrected chi connectivity index (χ0v) is 12.9. The molecule has 0 aliphatic rings. The Bertz CT molecular complexity index is 816. The minimum absolute atomic E-state index is 0.712. The lowest BCUT2D eigenvalue weighted by molar-refractivity contribution is 1.37. The zero-order valence-electron chi connectivity index (χ0n) is 12.1. The van der Waals surface area contributed by atoms with Gasteiger partial charge in [0, 0.05) is 22.5 Å². The van der Waals surface area contributed by atoms with E-state index in [1.807, 2.05) is 49.5 Å². The first-order chi connectivity index (χ1) is 10.8. The number of hydrogen-bond acceptors (Lipinski definition) is 3. The molecule has 0 saturated carbocycles. The van der Waals surface area contributed by atoms with Gasteiger partial charge in [-0.05, 0) is 54.3 Å². The van der Waals surface area contributed by atoms with Crippen LogP contribution in [0.4, 0.5) is 5.69 Å². The number of nitriles is 1. The summed E-state index contributed by atoms with van der Waals surface area (Å²) in [5.74, 6) is 0. The molecule has 3 rings (SSSR count). The Morgan fingerprint density at radius 3 is 2.64 bits per heavy atom. The smallest absolute Gasteiger partial charge is 0.0994 e. The lowest BCUT2D eigenvalue weighted by Crippen LogP contribution is -1.88. The quantitative estimate of drug-likeness (QED) is 0.668. The Hall–Kier alpha value is -2.64. The number of aryl methyl sites for hydroxylation is 1. The zero-order chi connectivity index (χ0) is 15.4. The van der Waals surface area contributed by atoms with Gasteiger partial charge in [0.25, 0.3) is 0 Å². The Labute approximate surface area is 134 Å². The molecule has 0 spiro atoms. The molecular formula is C18H15N3S. The van der Waals surface area contributed by atoms with Crippen LogP contribution in [0.3, 0.4) is 0 Å². The molecule has 22 heavy (non-hydrogen) atoms. The van der Waals surface area contributed by atoms with Crippen LogP contribution < -0.4 is 4.72 Å². The van der Waals surface area contributed by atoms with Gasteiger partial charge in [-0.2, -0.15) is 5.26 Å². The number of benzene rings is 2. The molecular weight excluding hydrogens is 290 g/mol. The molecule has 2 N–H and O–H groups in total. The van der Waals surface area contributed by atoms with Crippen LogP contribution in [-0.4, -0.2) is 4.98 Å². The first-order valence-electron chi connectivity index (χ1n) is 6.94. The van der Waals surface area contributed by atoms with Gasteiger partial charge in [-0.15, -0.1) is 0 Å². The molecule has 0 radical (unpaired) electrons. The molecule has 4 heteroatoms. The summed E-state index contributed by atoms with van der Waals surface area (Å²) in [4.78, 5) is 4.40. The van der Waals surface area contributed by atoms with Crippen LogP contribution in [0.5, 0.6) is 0 Å². The van der Waals surface area contributed by atoms with Crippen LogP contribution in [0, 0.1) is 18.3 Å². The topological polar surface area (TPSA) is 51.6 Å². The molecule has 0 saturated heterocycles. The molecule has 3 nitrogen and oxygen atoms in total. The predicted molar refractivity (Wildman–Crippen MR) is 91.6 cm³/mol. The lowest BCUT2D eigenvalue weighted by Gasteiger charge is -2.05. The van der Waals surface area contributed by atoms with Gasteiger partial charge in [-0.25, -0.2) is 0 Å². The van der Waals surface area contributed by atoms with Crippen LogP contribution in [0.15, 0.2) is 65.7 Å². The average Bonchev–Trinajstić information content (AvgIpc) is 3.03. The van der Waals surface area contributed by atoms with Gasteiger partial charge in [0.15, 0.2) is 0 Å². The molecule has 0 unspecified atom stereocenters. The third-order valence-electron chi connectivity index (χ3n) is 3.37. The Balaban J connectivity index is 1.69. The summed E-state index contributed by atoms with van der Waals surface area (Å²) >= 11 is 1.55. The van der Waals surface area contributed by atoms with Gasteiger partial charge in [0.2, 0.25) is 0 Å². The summed E-state index contributed by atoms with van der Waals surface area (Å²) < 4.78 is 3.31. The number of aromatic amines is 1. The number of nitrogens with one attached hydrogen (secondary N) is 2. The molecule has 0 aliphatic carbocycles. The van der Waals surface area contributed by atoms with E-state index in [2.05, 4.69) is 34.0 Å². The Morgan fingerprint density at radius 2 is 1.91 bits per heavy atom. The molecule has 0 bridgehead atoms. The van der Waals surface area contributed by atoms with Crippen LogP contribution in [0.25, 0.3) is 11.3 Å². The summed E-state index contributed by atoms with van der Waals surface area (Å²) in [7, 11) is 0. The second-order valence-electron chi connectivity index (χ2n) is 4.96. The van der Waals surface area contributed by atoms with Crippen LogP contribution in [-0.2, 0) is 0 Å². The summed E-state index contributed by atoms with van der Waals surface area (Å²) in [6.07, 6.45) is 1.98. The van der Waals surface area contributed by atoms with Crippen molar-refractivity contribution in [1.82, 2.24) is 4.98 Å². The summed E-state index contributed by atoms with van der Waals surface area (Å²) in [6.45, 7) is 1.94. The minimum Gasteiger partial charge on any atom is -0.360 e. The van der Waals surface area contributed by atoms with Crippen molar-refractivity contribution in [3.05, 3.63) is 71.9 Å². The van der Waals surface area contributed by atoms with Crippen LogP contribution >= 0.6 is 11.9 Å². The molecule has 108 valence electrons. The largest absolute Gasteiger partial charge is 0.360 e. The number of anilines is 1.